The fourth-order valence-corrected chi connectivity index (χ4v) is 3.17. The molecule has 0 bridgehead atoms. The Kier molecular flexibility index (Phi) is 4.51. The smallest absolute Gasteiger partial charge is 0.294 e. The molecule has 25 heavy (non-hydrogen) atoms. The van der Waals surface area contributed by atoms with Crippen molar-refractivity contribution >= 4 is 29.0 Å². The number of halogens is 1. The first-order valence-electron chi connectivity index (χ1n) is 7.78. The van der Waals surface area contributed by atoms with Gasteiger partial charge in [-0.25, -0.2) is 0 Å². The first-order chi connectivity index (χ1) is 11.9. The van der Waals surface area contributed by atoms with Gasteiger partial charge < -0.3 is 10.2 Å². The number of benzene rings is 2. The fourth-order valence-electron chi connectivity index (χ4n) is 2.98. The zero-order valence-electron chi connectivity index (χ0n) is 13.4. The molecule has 2 N–H and O–H groups in total. The molecule has 1 amide bonds. The van der Waals surface area contributed by atoms with Crippen LogP contribution in [-0.2, 0) is 9.59 Å². The quantitative estimate of drug-likeness (QED) is 0.869. The minimum Gasteiger partial charge on any atom is -0.508 e. The summed E-state index contributed by atoms with van der Waals surface area (Å²) in [5, 5.41) is 20.6. The number of phenols is 1. The third-order valence-electron chi connectivity index (χ3n) is 4.10. The maximum atomic E-state index is 12.7. The molecule has 1 heterocycles. The van der Waals surface area contributed by atoms with Gasteiger partial charge in [0.05, 0.1) is 11.6 Å². The Bertz CT molecular complexity index is 890. The van der Waals surface area contributed by atoms with Crippen molar-refractivity contribution < 1.29 is 19.8 Å². The highest BCUT2D eigenvalue weighted by Crippen LogP contribution is 2.42. The van der Waals surface area contributed by atoms with Crippen LogP contribution in [0.15, 0.2) is 59.9 Å². The van der Waals surface area contributed by atoms with E-state index in [1.165, 1.54) is 17.0 Å². The molecule has 1 aliphatic heterocycles. The number of carbonyl (C=O) groups excluding carboxylic acids is 2. The number of Topliss-reactive ketones (excluding diaryl/α,β-unsaturated/α-hetero) is 1. The Morgan fingerprint density at radius 2 is 1.88 bits per heavy atom. The minimum absolute atomic E-state index is 0.00526. The number of hydrogen-bond donors (Lipinski definition) is 2. The van der Waals surface area contributed by atoms with Crippen molar-refractivity contribution in [2.24, 2.45) is 0 Å². The molecule has 128 valence electrons. The van der Waals surface area contributed by atoms with Crippen LogP contribution in [0, 0.1) is 0 Å². The number of nitrogens with zero attached hydrogens (tertiary/aromatic N) is 1. The van der Waals surface area contributed by atoms with Crippen LogP contribution in [0.1, 0.15) is 24.9 Å². The Morgan fingerprint density at radius 3 is 2.52 bits per heavy atom. The highest BCUT2D eigenvalue weighted by atomic mass is 35.5. The van der Waals surface area contributed by atoms with E-state index in [4.69, 9.17) is 11.6 Å². The van der Waals surface area contributed by atoms with Gasteiger partial charge in [0.2, 0.25) is 0 Å². The number of aliphatic hydroxyl groups excluding tert-OH is 1. The zero-order valence-corrected chi connectivity index (χ0v) is 14.2. The van der Waals surface area contributed by atoms with Gasteiger partial charge in [-0.15, -0.1) is 0 Å². The van der Waals surface area contributed by atoms with Gasteiger partial charge in [0.1, 0.15) is 5.75 Å². The van der Waals surface area contributed by atoms with Gasteiger partial charge in [-0.3, -0.25) is 14.5 Å². The van der Waals surface area contributed by atoms with Crippen molar-refractivity contribution in [1.29, 1.82) is 0 Å². The lowest BCUT2D eigenvalue weighted by Crippen LogP contribution is -2.30. The average molecular weight is 358 g/mol. The van der Waals surface area contributed by atoms with Crippen LogP contribution < -0.4 is 4.90 Å². The van der Waals surface area contributed by atoms with Crippen molar-refractivity contribution in [3.63, 3.8) is 0 Å². The van der Waals surface area contributed by atoms with Crippen molar-refractivity contribution in [3.05, 3.63) is 70.4 Å². The van der Waals surface area contributed by atoms with Gasteiger partial charge >= 0.3 is 0 Å². The van der Waals surface area contributed by atoms with Crippen LogP contribution >= 0.6 is 11.6 Å². The molecule has 0 aliphatic carbocycles. The summed E-state index contributed by atoms with van der Waals surface area (Å²) in [5.41, 5.74) is 1.00. The number of aromatic hydroxyl groups is 1. The van der Waals surface area contributed by atoms with E-state index in [2.05, 4.69) is 0 Å². The van der Waals surface area contributed by atoms with Crippen LogP contribution in [-0.4, -0.2) is 21.9 Å². The Morgan fingerprint density at radius 1 is 1.16 bits per heavy atom. The van der Waals surface area contributed by atoms with Gasteiger partial charge in [0, 0.05) is 17.1 Å². The van der Waals surface area contributed by atoms with Crippen molar-refractivity contribution in [2.45, 2.75) is 19.4 Å². The molecule has 0 aromatic heterocycles. The summed E-state index contributed by atoms with van der Waals surface area (Å²) >= 11 is 6.03. The molecule has 1 unspecified atom stereocenters. The van der Waals surface area contributed by atoms with E-state index in [-0.39, 0.29) is 23.5 Å². The fraction of sp³-hybridized carbons (Fsp3) is 0.158. The molecular weight excluding hydrogens is 342 g/mol. The predicted molar refractivity (Wildman–Crippen MR) is 94.7 cm³/mol. The molecule has 0 radical (unpaired) electrons. The molecule has 2 aromatic carbocycles. The third kappa shape index (κ3) is 2.98. The average Bonchev–Trinajstić information content (AvgIpc) is 2.86. The molecule has 0 fully saturated rings. The molecule has 0 spiro atoms. The highest BCUT2D eigenvalue weighted by molar-refractivity contribution is 6.31. The number of ketones is 1. The summed E-state index contributed by atoms with van der Waals surface area (Å²) in [5.74, 6) is -1.57. The molecule has 1 atom stereocenters. The zero-order chi connectivity index (χ0) is 18.1. The van der Waals surface area contributed by atoms with E-state index in [0.29, 0.717) is 16.3 Å². The molecule has 6 heteroatoms. The lowest BCUT2D eigenvalue weighted by Gasteiger charge is -2.27. The summed E-state index contributed by atoms with van der Waals surface area (Å²) < 4.78 is 0. The lowest BCUT2D eigenvalue weighted by molar-refractivity contribution is -0.118. The lowest BCUT2D eigenvalue weighted by atomic mass is 9.94. The summed E-state index contributed by atoms with van der Waals surface area (Å²) in [6.07, 6.45) is 0.144. The Hall–Kier alpha value is -2.79. The molecule has 5 nitrogen and oxygen atoms in total. The third-order valence-corrected chi connectivity index (χ3v) is 4.34. The number of rotatable bonds is 4. The van der Waals surface area contributed by atoms with Gasteiger partial charge in [-0.1, -0.05) is 36.7 Å². The number of phenolic OH excluding ortho intramolecular Hbond substituents is 1. The molecule has 3 rings (SSSR count). The number of anilines is 1. The second kappa shape index (κ2) is 6.61. The van der Waals surface area contributed by atoms with E-state index < -0.39 is 17.7 Å². The standard InChI is InChI=1S/C19H16ClNO4/c1-2-15(23)16-17(11-5-3-8-14(22)9-11)21(19(25)18(16)24)13-7-4-6-12(20)10-13/h3-10,17,22,24H,2H2,1H3. The SMILES string of the molecule is CCC(=O)C1=C(O)C(=O)N(c2cccc(Cl)c2)C1c1cccc(O)c1. The first kappa shape index (κ1) is 17.0. The van der Waals surface area contributed by atoms with Crippen LogP contribution in [0.5, 0.6) is 5.75 Å². The molecular formula is C19H16ClNO4. The molecule has 0 saturated carbocycles. The van der Waals surface area contributed by atoms with Crippen LogP contribution in [0.2, 0.25) is 5.02 Å². The molecule has 2 aromatic rings. The van der Waals surface area contributed by atoms with Crippen molar-refractivity contribution in [1.82, 2.24) is 0 Å². The maximum absolute atomic E-state index is 12.7. The summed E-state index contributed by atoms with van der Waals surface area (Å²) in [4.78, 5) is 26.4. The van der Waals surface area contributed by atoms with Crippen LogP contribution in [0.25, 0.3) is 0 Å². The Labute approximate surface area is 149 Å². The number of amides is 1. The second-order valence-electron chi connectivity index (χ2n) is 5.69. The van der Waals surface area contributed by atoms with E-state index in [1.807, 2.05) is 0 Å². The molecule has 0 saturated heterocycles. The van der Waals surface area contributed by atoms with Gasteiger partial charge in [-0.2, -0.15) is 0 Å². The van der Waals surface area contributed by atoms with Gasteiger partial charge in [-0.05, 0) is 35.9 Å². The normalized spacial score (nSPS) is 17.3. The van der Waals surface area contributed by atoms with E-state index in [9.17, 15) is 19.8 Å². The van der Waals surface area contributed by atoms with E-state index in [0.717, 1.165) is 0 Å². The summed E-state index contributed by atoms with van der Waals surface area (Å²) in [6, 6.07) is 12.1. The maximum Gasteiger partial charge on any atom is 0.294 e. The van der Waals surface area contributed by atoms with Crippen molar-refractivity contribution in [2.75, 3.05) is 4.90 Å². The van der Waals surface area contributed by atoms with Crippen LogP contribution in [0.4, 0.5) is 5.69 Å². The number of hydrogen-bond acceptors (Lipinski definition) is 4. The first-order valence-corrected chi connectivity index (χ1v) is 8.16. The summed E-state index contributed by atoms with van der Waals surface area (Å²) in [7, 11) is 0. The monoisotopic (exact) mass is 357 g/mol. The number of aliphatic hydroxyl groups is 1. The van der Waals surface area contributed by atoms with Gasteiger partial charge in [0.15, 0.2) is 11.5 Å². The number of carbonyl (C=O) groups is 2. The van der Waals surface area contributed by atoms with Crippen LogP contribution in [0.3, 0.4) is 0 Å². The van der Waals surface area contributed by atoms with Crippen molar-refractivity contribution in [3.8, 4) is 5.75 Å². The van der Waals surface area contributed by atoms with E-state index in [1.54, 1.807) is 43.3 Å². The predicted octanol–water partition coefficient (Wildman–Crippen LogP) is 3.92. The van der Waals surface area contributed by atoms with Gasteiger partial charge in [0.25, 0.3) is 5.91 Å². The highest BCUT2D eigenvalue weighted by Gasteiger charge is 2.43. The summed E-state index contributed by atoms with van der Waals surface area (Å²) in [6.45, 7) is 1.66. The second-order valence-corrected chi connectivity index (χ2v) is 6.13. The Balaban J connectivity index is 2.20. The largest absolute Gasteiger partial charge is 0.508 e. The molecule has 1 aliphatic rings. The topological polar surface area (TPSA) is 77.8 Å². The van der Waals surface area contributed by atoms with E-state index >= 15 is 0 Å². The minimum atomic E-state index is -0.828.